The van der Waals surface area contributed by atoms with Crippen LogP contribution in [-0.4, -0.2) is 6.54 Å². The third kappa shape index (κ3) is 4.61. The largest absolute Gasteiger partial charge is 0.381 e. The lowest BCUT2D eigenvalue weighted by atomic mass is 9.96. The molecule has 0 saturated carbocycles. The lowest BCUT2D eigenvalue weighted by molar-refractivity contribution is 0.837. The Hall–Kier alpha value is -6.52. The van der Waals surface area contributed by atoms with Gasteiger partial charge in [0.2, 0.25) is 0 Å². The van der Waals surface area contributed by atoms with E-state index in [4.69, 9.17) is 0 Å². The van der Waals surface area contributed by atoms with Crippen LogP contribution in [0.5, 0.6) is 0 Å². The summed E-state index contributed by atoms with van der Waals surface area (Å²) < 4.78 is 0. The van der Waals surface area contributed by atoms with Gasteiger partial charge in [0.15, 0.2) is 0 Å². The Balaban J connectivity index is 1.27. The van der Waals surface area contributed by atoms with Gasteiger partial charge >= 0.3 is 0 Å². The molecule has 0 radical (unpaired) electrons. The molecule has 10 rings (SSSR count). The third-order valence-electron chi connectivity index (χ3n) is 10.2. The molecule has 1 atom stereocenters. The van der Waals surface area contributed by atoms with Crippen LogP contribution in [0.3, 0.4) is 0 Å². The van der Waals surface area contributed by atoms with Crippen LogP contribution in [0, 0.1) is 0 Å². The molecule has 238 valence electrons. The second-order valence-corrected chi connectivity index (χ2v) is 13.1. The molecular weight excluding hydrogens is 609 g/mol. The fraction of sp³-hybridized carbons (Fsp3) is 0.0435. The lowest BCUT2D eigenvalue weighted by Crippen LogP contribution is -2.37. The standard InChI is InChI=1S/C46H34N4/c1-3-13-31(14-4-1)34-23-24-41-39(30-34)46-48-40-19-9-10-20-42(40)50(46)44-22-12-11-21-43(44)49(41)37-28-35(32-15-5-2-6-16-32)27-36(29-37)45-38-18-8-7-17-33(38)25-26-47-45/h1-25,27-30,46-48H,26H2. The molecule has 0 fully saturated rings. The van der Waals surface area contributed by atoms with Crippen LogP contribution in [-0.2, 0) is 0 Å². The van der Waals surface area contributed by atoms with Gasteiger partial charge in [-0.1, -0.05) is 121 Å². The zero-order valence-corrected chi connectivity index (χ0v) is 27.4. The van der Waals surface area contributed by atoms with E-state index in [-0.39, 0.29) is 6.17 Å². The predicted octanol–water partition coefficient (Wildman–Crippen LogP) is 9.61. The summed E-state index contributed by atoms with van der Waals surface area (Å²) in [6.07, 6.45) is 2.18. The monoisotopic (exact) mass is 642 g/mol. The fourth-order valence-corrected chi connectivity index (χ4v) is 7.90. The zero-order valence-electron chi connectivity index (χ0n) is 27.4. The van der Waals surface area contributed by atoms with Gasteiger partial charge in [-0.05, 0) is 82.1 Å². The minimum absolute atomic E-state index is 0.0919. The molecule has 0 bridgehead atoms. The summed E-state index contributed by atoms with van der Waals surface area (Å²) in [4.78, 5) is 4.95. The molecule has 0 aromatic heterocycles. The number of nitrogens with zero attached hydrogens (tertiary/aromatic N) is 2. The number of hydrogen-bond donors (Lipinski definition) is 2. The lowest BCUT2D eigenvalue weighted by Gasteiger charge is -2.29. The van der Waals surface area contributed by atoms with Gasteiger partial charge in [-0.2, -0.15) is 0 Å². The summed E-state index contributed by atoms with van der Waals surface area (Å²) in [5.41, 5.74) is 15.2. The van der Waals surface area contributed by atoms with Crippen molar-refractivity contribution in [3.05, 3.63) is 191 Å². The number of anilines is 6. The molecule has 0 spiro atoms. The Bertz CT molecular complexity index is 2540. The molecule has 50 heavy (non-hydrogen) atoms. The van der Waals surface area contributed by atoms with Crippen LogP contribution in [0.2, 0.25) is 0 Å². The van der Waals surface area contributed by atoms with Crippen LogP contribution < -0.4 is 30.9 Å². The summed E-state index contributed by atoms with van der Waals surface area (Å²) in [6.45, 7) is 0.788. The van der Waals surface area contributed by atoms with E-state index < -0.39 is 0 Å². The summed E-state index contributed by atoms with van der Waals surface area (Å²) in [7, 11) is 0. The molecule has 0 amide bonds. The van der Waals surface area contributed by atoms with E-state index in [0.717, 1.165) is 46.2 Å². The summed E-state index contributed by atoms with van der Waals surface area (Å²) in [5, 5.41) is 10.1. The fourth-order valence-electron chi connectivity index (χ4n) is 7.90. The average Bonchev–Trinajstić information content (AvgIpc) is 3.53. The smallest absolute Gasteiger partial charge is 0.132 e. The molecule has 3 aliphatic heterocycles. The van der Waals surface area contributed by atoms with E-state index in [1.165, 1.54) is 43.9 Å². The second kappa shape index (κ2) is 11.6. The molecule has 1 unspecified atom stereocenters. The molecule has 0 aliphatic carbocycles. The van der Waals surface area contributed by atoms with E-state index in [1.807, 2.05) is 0 Å². The molecular formula is C46H34N4. The molecule has 0 saturated heterocycles. The minimum Gasteiger partial charge on any atom is -0.381 e. The molecule has 4 heteroatoms. The summed E-state index contributed by atoms with van der Waals surface area (Å²) >= 11 is 0. The van der Waals surface area contributed by atoms with Gasteiger partial charge in [0, 0.05) is 34.3 Å². The highest BCUT2D eigenvalue weighted by atomic mass is 15.4. The van der Waals surface area contributed by atoms with Crippen LogP contribution >= 0.6 is 0 Å². The number of benzene rings is 7. The second-order valence-electron chi connectivity index (χ2n) is 13.1. The Morgan fingerprint density at radius 2 is 1.14 bits per heavy atom. The quantitative estimate of drug-likeness (QED) is 0.200. The first kappa shape index (κ1) is 28.5. The maximum atomic E-state index is 3.92. The number of para-hydroxylation sites is 4. The predicted molar refractivity (Wildman–Crippen MR) is 208 cm³/mol. The number of hydrogen-bond acceptors (Lipinski definition) is 4. The highest BCUT2D eigenvalue weighted by molar-refractivity contribution is 5.97. The first-order chi connectivity index (χ1) is 24.8. The van der Waals surface area contributed by atoms with Crippen molar-refractivity contribution in [3.8, 4) is 22.3 Å². The van der Waals surface area contributed by atoms with Gasteiger partial charge in [0.05, 0.1) is 28.4 Å². The molecule has 3 aliphatic rings. The maximum Gasteiger partial charge on any atom is 0.132 e. The van der Waals surface area contributed by atoms with E-state index in [9.17, 15) is 0 Å². The summed E-state index contributed by atoms with van der Waals surface area (Å²) in [6, 6.07) is 61.6. The van der Waals surface area contributed by atoms with Crippen molar-refractivity contribution in [1.82, 2.24) is 5.32 Å². The minimum atomic E-state index is -0.0919. The average molecular weight is 643 g/mol. The topological polar surface area (TPSA) is 30.5 Å². The van der Waals surface area contributed by atoms with E-state index >= 15 is 0 Å². The van der Waals surface area contributed by atoms with Gasteiger partial charge in [-0.25, -0.2) is 0 Å². The molecule has 7 aromatic rings. The van der Waals surface area contributed by atoms with Crippen molar-refractivity contribution < 1.29 is 0 Å². The Morgan fingerprint density at radius 3 is 1.96 bits per heavy atom. The summed E-state index contributed by atoms with van der Waals surface area (Å²) in [5.74, 6) is 0. The van der Waals surface area contributed by atoms with Crippen molar-refractivity contribution in [2.75, 3.05) is 21.7 Å². The van der Waals surface area contributed by atoms with Crippen molar-refractivity contribution in [2.24, 2.45) is 0 Å². The number of rotatable bonds is 4. The van der Waals surface area contributed by atoms with Crippen molar-refractivity contribution in [2.45, 2.75) is 6.17 Å². The van der Waals surface area contributed by atoms with Gasteiger partial charge in [0.1, 0.15) is 6.17 Å². The van der Waals surface area contributed by atoms with Crippen molar-refractivity contribution >= 4 is 45.9 Å². The van der Waals surface area contributed by atoms with E-state index in [0.29, 0.717) is 0 Å². The third-order valence-corrected chi connectivity index (χ3v) is 10.2. The Kier molecular flexibility index (Phi) is 6.59. The van der Waals surface area contributed by atoms with Crippen LogP contribution in [0.4, 0.5) is 34.1 Å². The molecule has 3 heterocycles. The first-order valence-corrected chi connectivity index (χ1v) is 17.3. The van der Waals surface area contributed by atoms with Gasteiger partial charge < -0.3 is 20.4 Å². The van der Waals surface area contributed by atoms with Gasteiger partial charge in [0.25, 0.3) is 0 Å². The van der Waals surface area contributed by atoms with E-state index in [2.05, 4.69) is 196 Å². The highest BCUT2D eigenvalue weighted by Crippen LogP contribution is 2.56. The van der Waals surface area contributed by atoms with Crippen LogP contribution in [0.1, 0.15) is 17.3 Å². The Labute approximate surface area is 291 Å². The molecule has 4 nitrogen and oxygen atoms in total. The molecule has 7 aromatic carbocycles. The normalized spacial score (nSPS) is 15.3. The SMILES string of the molecule is C1=c2ccccc2=C(c2cc(-c3ccccc3)cc(N3c4ccc(-c5ccccc5)cc4C4Nc5ccccc5N4c4ccccc43)c2)NC1. The van der Waals surface area contributed by atoms with Crippen LogP contribution in [0.25, 0.3) is 34.0 Å². The first-order valence-electron chi connectivity index (χ1n) is 17.3. The highest BCUT2D eigenvalue weighted by Gasteiger charge is 2.39. The Morgan fingerprint density at radius 1 is 0.480 bits per heavy atom. The molecule has 2 N–H and O–H groups in total. The van der Waals surface area contributed by atoms with Crippen molar-refractivity contribution in [1.29, 1.82) is 0 Å². The van der Waals surface area contributed by atoms with Crippen LogP contribution in [0.15, 0.2) is 170 Å². The van der Waals surface area contributed by atoms with Gasteiger partial charge in [-0.3, -0.25) is 0 Å². The zero-order chi connectivity index (χ0) is 33.0. The van der Waals surface area contributed by atoms with Crippen molar-refractivity contribution in [3.63, 3.8) is 0 Å². The maximum absolute atomic E-state index is 3.92. The van der Waals surface area contributed by atoms with E-state index in [1.54, 1.807) is 0 Å². The van der Waals surface area contributed by atoms with Gasteiger partial charge in [-0.15, -0.1) is 0 Å². The number of fused-ring (bicyclic) bond motifs is 8. The number of nitrogens with one attached hydrogen (secondary N) is 2.